The highest BCUT2D eigenvalue weighted by molar-refractivity contribution is 7.92. The Morgan fingerprint density at radius 3 is 2.24 bits per heavy atom. The topological polar surface area (TPSA) is 96.0 Å². The molecular weight excluding hydrogens is 609 g/mol. The zero-order valence-electron chi connectivity index (χ0n) is 22.9. The summed E-state index contributed by atoms with van der Waals surface area (Å²) in [7, 11) is -2.79. The zero-order valence-corrected chi connectivity index (χ0v) is 26.0. The lowest BCUT2D eigenvalue weighted by Crippen LogP contribution is -2.52. The average molecular weight is 641 g/mol. The highest BCUT2D eigenvalue weighted by atomic mass is 35.5. The van der Waals surface area contributed by atoms with Gasteiger partial charge in [0.25, 0.3) is 10.0 Å². The molecule has 1 N–H and O–H groups in total. The second kappa shape index (κ2) is 14.8. The van der Waals surface area contributed by atoms with E-state index >= 15 is 0 Å². The Balaban J connectivity index is 2.09. The largest absolute Gasteiger partial charge is 0.495 e. The van der Waals surface area contributed by atoms with E-state index in [1.807, 2.05) is 6.92 Å². The molecule has 12 heteroatoms. The molecule has 0 saturated heterocycles. The lowest BCUT2D eigenvalue weighted by atomic mass is 10.1. The van der Waals surface area contributed by atoms with Crippen molar-refractivity contribution in [3.8, 4) is 5.75 Å². The molecule has 0 fully saturated rings. The van der Waals surface area contributed by atoms with Crippen LogP contribution in [-0.4, -0.2) is 51.4 Å². The Morgan fingerprint density at radius 2 is 1.66 bits per heavy atom. The Hall–Kier alpha value is -2.98. The second-order valence-corrected chi connectivity index (χ2v) is 12.2. The van der Waals surface area contributed by atoms with Crippen LogP contribution in [0.2, 0.25) is 15.1 Å². The number of hydrogen-bond donors (Lipinski definition) is 1. The fourth-order valence-electron chi connectivity index (χ4n) is 4.18. The summed E-state index contributed by atoms with van der Waals surface area (Å²) in [6, 6.07) is 16.2. The van der Waals surface area contributed by atoms with Crippen LogP contribution in [0, 0.1) is 0 Å². The molecule has 41 heavy (non-hydrogen) atoms. The van der Waals surface area contributed by atoms with Crippen LogP contribution in [0.4, 0.5) is 5.69 Å². The number of halogens is 3. The number of anilines is 1. The van der Waals surface area contributed by atoms with Gasteiger partial charge in [0, 0.05) is 23.1 Å². The highest BCUT2D eigenvalue weighted by Crippen LogP contribution is 2.32. The molecule has 0 aliphatic carbocycles. The van der Waals surface area contributed by atoms with Crippen LogP contribution in [-0.2, 0) is 26.2 Å². The van der Waals surface area contributed by atoms with E-state index in [1.165, 1.54) is 42.3 Å². The number of methoxy groups -OCH3 is 1. The van der Waals surface area contributed by atoms with Gasteiger partial charge in [0.1, 0.15) is 18.3 Å². The van der Waals surface area contributed by atoms with Gasteiger partial charge >= 0.3 is 0 Å². The van der Waals surface area contributed by atoms with Gasteiger partial charge in [-0.05, 0) is 60.9 Å². The SMILES string of the molecule is CCCNC(=O)C(CC)N(Cc1ccc(Cl)cc1Cl)C(=O)CN(c1ccc(OC)c(Cl)c1)S(=O)(=O)c1ccccc1. The van der Waals surface area contributed by atoms with Gasteiger partial charge in [-0.15, -0.1) is 0 Å². The number of rotatable bonds is 13. The molecule has 0 heterocycles. The maximum Gasteiger partial charge on any atom is 0.264 e. The van der Waals surface area contributed by atoms with Gasteiger partial charge in [-0.1, -0.05) is 72.9 Å². The van der Waals surface area contributed by atoms with Crippen molar-refractivity contribution in [2.24, 2.45) is 0 Å². The number of amides is 2. The standard InChI is InChI=1S/C29H32Cl3N3O5S/c1-4-15-33-29(37)26(5-2)34(18-20-11-12-21(30)16-24(20)31)28(36)19-35(22-13-14-27(40-3)25(32)17-22)41(38,39)23-9-7-6-8-10-23/h6-14,16-17,26H,4-5,15,18-19H2,1-3H3,(H,33,37). The molecule has 8 nitrogen and oxygen atoms in total. The number of benzene rings is 3. The van der Waals surface area contributed by atoms with Crippen molar-refractivity contribution in [3.05, 3.63) is 87.4 Å². The minimum atomic E-state index is -4.23. The molecule has 3 aromatic rings. The number of carbonyl (C=O) groups is 2. The van der Waals surface area contributed by atoms with Gasteiger partial charge in [-0.2, -0.15) is 0 Å². The van der Waals surface area contributed by atoms with E-state index in [4.69, 9.17) is 39.5 Å². The molecule has 0 bridgehead atoms. The molecule has 0 aliphatic heterocycles. The minimum absolute atomic E-state index is 0.0141. The molecule has 3 aromatic carbocycles. The van der Waals surface area contributed by atoms with Crippen molar-refractivity contribution in [1.29, 1.82) is 0 Å². The molecule has 0 aromatic heterocycles. The first-order valence-electron chi connectivity index (χ1n) is 13.0. The number of carbonyl (C=O) groups excluding carboxylic acids is 2. The van der Waals surface area contributed by atoms with Crippen LogP contribution in [0.15, 0.2) is 71.6 Å². The molecule has 2 amide bonds. The maximum absolute atomic E-state index is 14.1. The Kier molecular flexibility index (Phi) is 11.7. The van der Waals surface area contributed by atoms with Crippen molar-refractivity contribution in [1.82, 2.24) is 10.2 Å². The molecule has 0 saturated carbocycles. The molecule has 0 spiro atoms. The minimum Gasteiger partial charge on any atom is -0.495 e. The van der Waals surface area contributed by atoms with Crippen molar-refractivity contribution in [2.75, 3.05) is 24.5 Å². The first kappa shape index (κ1) is 32.5. The van der Waals surface area contributed by atoms with E-state index < -0.39 is 28.5 Å². The van der Waals surface area contributed by atoms with Gasteiger partial charge in [0.2, 0.25) is 11.8 Å². The third-order valence-corrected chi connectivity index (χ3v) is 8.99. The fraction of sp³-hybridized carbons (Fsp3) is 0.310. The molecular formula is C29H32Cl3N3O5S. The summed E-state index contributed by atoms with van der Waals surface area (Å²) in [5, 5.41) is 3.74. The van der Waals surface area contributed by atoms with Crippen LogP contribution in [0.5, 0.6) is 5.75 Å². The Bertz CT molecular complexity index is 1470. The molecule has 0 radical (unpaired) electrons. The first-order chi connectivity index (χ1) is 19.5. The number of ether oxygens (including phenoxy) is 1. The lowest BCUT2D eigenvalue weighted by molar-refractivity contribution is -0.140. The quantitative estimate of drug-likeness (QED) is 0.241. The maximum atomic E-state index is 14.1. The molecule has 0 aliphatic rings. The predicted octanol–water partition coefficient (Wildman–Crippen LogP) is 6.18. The van der Waals surface area contributed by atoms with Crippen molar-refractivity contribution < 1.29 is 22.7 Å². The van der Waals surface area contributed by atoms with Crippen molar-refractivity contribution >= 4 is 62.3 Å². The van der Waals surface area contributed by atoms with Gasteiger partial charge in [0.05, 0.1) is 22.7 Å². The Morgan fingerprint density at radius 1 is 0.951 bits per heavy atom. The van der Waals surface area contributed by atoms with Crippen LogP contribution in [0.3, 0.4) is 0 Å². The number of nitrogens with zero attached hydrogens (tertiary/aromatic N) is 2. The molecule has 1 unspecified atom stereocenters. The van der Waals surface area contributed by atoms with Gasteiger partial charge < -0.3 is 15.0 Å². The van der Waals surface area contributed by atoms with Crippen molar-refractivity contribution in [2.45, 2.75) is 44.2 Å². The van der Waals surface area contributed by atoms with Crippen LogP contribution < -0.4 is 14.4 Å². The van der Waals surface area contributed by atoms with Gasteiger partial charge in [-0.25, -0.2) is 8.42 Å². The van der Waals surface area contributed by atoms with Gasteiger partial charge in [-0.3, -0.25) is 13.9 Å². The van der Waals surface area contributed by atoms with Crippen LogP contribution >= 0.6 is 34.8 Å². The fourth-order valence-corrected chi connectivity index (χ4v) is 6.33. The summed E-state index contributed by atoms with van der Waals surface area (Å²) in [6.07, 6.45) is 0.993. The van der Waals surface area contributed by atoms with Gasteiger partial charge in [0.15, 0.2) is 0 Å². The lowest BCUT2D eigenvalue weighted by Gasteiger charge is -2.33. The second-order valence-electron chi connectivity index (χ2n) is 9.12. The predicted molar refractivity (Wildman–Crippen MR) is 163 cm³/mol. The van der Waals surface area contributed by atoms with E-state index in [0.717, 1.165) is 4.31 Å². The summed E-state index contributed by atoms with van der Waals surface area (Å²) in [5.41, 5.74) is 0.706. The van der Waals surface area contributed by atoms with Crippen molar-refractivity contribution in [3.63, 3.8) is 0 Å². The summed E-state index contributed by atoms with van der Waals surface area (Å²) in [4.78, 5) is 28.6. The van der Waals surface area contributed by atoms with E-state index in [9.17, 15) is 18.0 Å². The van der Waals surface area contributed by atoms with E-state index in [1.54, 1.807) is 43.3 Å². The van der Waals surface area contributed by atoms with E-state index in [2.05, 4.69) is 5.32 Å². The Labute approximate surface area is 256 Å². The van der Waals surface area contributed by atoms with Crippen LogP contribution in [0.25, 0.3) is 0 Å². The third-order valence-electron chi connectivity index (χ3n) is 6.32. The summed E-state index contributed by atoms with van der Waals surface area (Å²) < 4.78 is 34.0. The third kappa shape index (κ3) is 8.07. The molecule has 1 atom stereocenters. The average Bonchev–Trinajstić information content (AvgIpc) is 2.95. The van der Waals surface area contributed by atoms with E-state index in [-0.39, 0.29) is 34.5 Å². The zero-order chi connectivity index (χ0) is 30.2. The highest BCUT2D eigenvalue weighted by Gasteiger charge is 2.34. The normalized spacial score (nSPS) is 12.0. The molecule has 3 rings (SSSR count). The number of nitrogens with one attached hydrogen (secondary N) is 1. The van der Waals surface area contributed by atoms with E-state index in [0.29, 0.717) is 34.3 Å². The summed E-state index contributed by atoms with van der Waals surface area (Å²) in [6.45, 7) is 3.47. The number of hydrogen-bond acceptors (Lipinski definition) is 5. The molecule has 220 valence electrons. The summed E-state index contributed by atoms with van der Waals surface area (Å²) >= 11 is 18.9. The van der Waals surface area contributed by atoms with Crippen LogP contribution in [0.1, 0.15) is 32.3 Å². The first-order valence-corrected chi connectivity index (χ1v) is 15.5. The summed E-state index contributed by atoms with van der Waals surface area (Å²) in [5.74, 6) is -0.616. The smallest absolute Gasteiger partial charge is 0.264 e. The monoisotopic (exact) mass is 639 g/mol. The number of sulfonamides is 1.